The Balaban J connectivity index is 0.00000441. The van der Waals surface area contributed by atoms with Gasteiger partial charge in [-0.05, 0) is 37.1 Å². The van der Waals surface area contributed by atoms with Crippen molar-refractivity contribution in [2.75, 3.05) is 20.7 Å². The number of ether oxygens (including phenoxy) is 1. The van der Waals surface area contributed by atoms with Crippen LogP contribution in [0.15, 0.2) is 18.2 Å². The van der Waals surface area contributed by atoms with Gasteiger partial charge in [0.2, 0.25) is 5.91 Å². The Kier molecular flexibility index (Phi) is 10.4. The molecule has 6 heteroatoms. The minimum Gasteiger partial charge on any atom is -0.504 e. The van der Waals surface area contributed by atoms with Gasteiger partial charge < -0.3 is 20.5 Å². The number of unbranched alkanes of at least 4 members (excludes halogenated alkanes) is 3. The van der Waals surface area contributed by atoms with Gasteiger partial charge in [-0.2, -0.15) is 0 Å². The van der Waals surface area contributed by atoms with E-state index in [0.717, 1.165) is 37.8 Å². The van der Waals surface area contributed by atoms with E-state index in [4.69, 9.17) is 10.5 Å². The number of hydrogen-bond donors (Lipinski definition) is 2. The van der Waals surface area contributed by atoms with Crippen molar-refractivity contribution in [1.29, 1.82) is 0 Å². The summed E-state index contributed by atoms with van der Waals surface area (Å²) < 4.78 is 5.00. The zero-order chi connectivity index (χ0) is 15.7. The second kappa shape index (κ2) is 11.2. The molecule has 0 aliphatic heterocycles. The van der Waals surface area contributed by atoms with Crippen molar-refractivity contribution in [2.45, 2.75) is 38.6 Å². The maximum Gasteiger partial charge on any atom is 0.222 e. The number of nitrogens with two attached hydrogens (primary N) is 1. The molecule has 0 heterocycles. The number of hydrogen-bond acceptors (Lipinski definition) is 4. The number of phenolic OH excluding ortho intramolecular Hbond substituents is 1. The van der Waals surface area contributed by atoms with Crippen LogP contribution in [0.3, 0.4) is 0 Å². The van der Waals surface area contributed by atoms with Crippen LogP contribution >= 0.6 is 12.4 Å². The minimum absolute atomic E-state index is 0. The summed E-state index contributed by atoms with van der Waals surface area (Å²) in [4.78, 5) is 13.7. The highest BCUT2D eigenvalue weighted by Gasteiger charge is 2.10. The highest BCUT2D eigenvalue weighted by atomic mass is 35.5. The molecule has 0 aliphatic carbocycles. The molecule has 1 aromatic carbocycles. The Hall–Kier alpha value is -1.46. The average Bonchev–Trinajstić information content (AvgIpc) is 2.47. The van der Waals surface area contributed by atoms with Gasteiger partial charge in [-0.1, -0.05) is 18.9 Å². The topological polar surface area (TPSA) is 75.8 Å². The van der Waals surface area contributed by atoms with Crippen LogP contribution in [0, 0.1) is 0 Å². The first-order valence-corrected chi connectivity index (χ1v) is 7.38. The Morgan fingerprint density at radius 3 is 2.55 bits per heavy atom. The maximum absolute atomic E-state index is 12.0. The van der Waals surface area contributed by atoms with Crippen molar-refractivity contribution in [3.8, 4) is 11.5 Å². The first-order chi connectivity index (χ1) is 10.1. The smallest absolute Gasteiger partial charge is 0.222 e. The molecule has 126 valence electrons. The van der Waals surface area contributed by atoms with Gasteiger partial charge in [0.15, 0.2) is 11.5 Å². The summed E-state index contributed by atoms with van der Waals surface area (Å²) >= 11 is 0. The van der Waals surface area contributed by atoms with E-state index >= 15 is 0 Å². The number of aromatic hydroxyl groups is 1. The third-order valence-electron chi connectivity index (χ3n) is 3.43. The number of amides is 1. The summed E-state index contributed by atoms with van der Waals surface area (Å²) in [7, 11) is 3.29. The third kappa shape index (κ3) is 7.00. The van der Waals surface area contributed by atoms with Crippen molar-refractivity contribution in [3.63, 3.8) is 0 Å². The molecule has 0 unspecified atom stereocenters. The van der Waals surface area contributed by atoms with Crippen LogP contribution in [0.4, 0.5) is 0 Å². The Labute approximate surface area is 138 Å². The van der Waals surface area contributed by atoms with Crippen molar-refractivity contribution in [1.82, 2.24) is 4.90 Å². The number of halogens is 1. The highest BCUT2D eigenvalue weighted by molar-refractivity contribution is 5.85. The number of carbonyl (C=O) groups excluding carboxylic acids is 1. The molecule has 1 aromatic rings. The standard InChI is InChI=1S/C16H26N2O3.ClH/c1-18(16(20)7-5-3-4-6-10-17)12-13-8-9-15(21-2)14(19)11-13;/h8-9,11,19H,3-7,10,12,17H2,1-2H3;1H. The number of nitrogens with zero attached hydrogens (tertiary/aromatic N) is 1. The zero-order valence-electron chi connectivity index (χ0n) is 13.4. The van der Waals surface area contributed by atoms with Gasteiger partial charge in [-0.15, -0.1) is 12.4 Å². The molecule has 0 atom stereocenters. The largest absolute Gasteiger partial charge is 0.504 e. The van der Waals surface area contributed by atoms with Crippen LogP contribution in [-0.4, -0.2) is 36.6 Å². The lowest BCUT2D eigenvalue weighted by Gasteiger charge is -2.17. The van der Waals surface area contributed by atoms with Crippen molar-refractivity contribution in [3.05, 3.63) is 23.8 Å². The number of phenols is 1. The van der Waals surface area contributed by atoms with E-state index in [2.05, 4.69) is 0 Å². The van der Waals surface area contributed by atoms with Gasteiger partial charge in [0.05, 0.1) is 7.11 Å². The second-order valence-electron chi connectivity index (χ2n) is 5.21. The SMILES string of the molecule is COc1ccc(CN(C)C(=O)CCCCCCN)cc1O.Cl. The molecule has 0 aromatic heterocycles. The molecule has 0 fully saturated rings. The Morgan fingerprint density at radius 1 is 1.27 bits per heavy atom. The van der Waals surface area contributed by atoms with Crippen LogP contribution in [0.2, 0.25) is 0 Å². The summed E-state index contributed by atoms with van der Waals surface area (Å²) in [5, 5.41) is 9.73. The zero-order valence-corrected chi connectivity index (χ0v) is 14.2. The minimum atomic E-state index is 0. The van der Waals surface area contributed by atoms with E-state index in [9.17, 15) is 9.90 Å². The highest BCUT2D eigenvalue weighted by Crippen LogP contribution is 2.26. The lowest BCUT2D eigenvalue weighted by atomic mass is 10.1. The van der Waals surface area contributed by atoms with E-state index in [0.29, 0.717) is 18.7 Å². The fraction of sp³-hybridized carbons (Fsp3) is 0.562. The lowest BCUT2D eigenvalue weighted by molar-refractivity contribution is -0.130. The fourth-order valence-corrected chi connectivity index (χ4v) is 2.16. The van der Waals surface area contributed by atoms with Crippen LogP contribution in [0.25, 0.3) is 0 Å². The lowest BCUT2D eigenvalue weighted by Crippen LogP contribution is -2.25. The Bertz CT molecular complexity index is 455. The van der Waals surface area contributed by atoms with Crippen LogP contribution in [0.5, 0.6) is 11.5 Å². The molecule has 1 rings (SSSR count). The summed E-state index contributed by atoms with van der Waals surface area (Å²) in [6.07, 6.45) is 4.61. The summed E-state index contributed by atoms with van der Waals surface area (Å²) in [6.45, 7) is 1.20. The molecule has 0 aliphatic rings. The molecule has 0 saturated heterocycles. The maximum atomic E-state index is 12.0. The second-order valence-corrected chi connectivity index (χ2v) is 5.21. The van der Waals surface area contributed by atoms with Crippen LogP contribution in [0.1, 0.15) is 37.7 Å². The number of rotatable bonds is 9. The van der Waals surface area contributed by atoms with Crippen LogP contribution in [-0.2, 0) is 11.3 Å². The summed E-state index contributed by atoms with van der Waals surface area (Å²) in [5.41, 5.74) is 6.31. The van der Waals surface area contributed by atoms with Gasteiger partial charge in [0.25, 0.3) is 0 Å². The quantitative estimate of drug-likeness (QED) is 0.682. The van der Waals surface area contributed by atoms with Gasteiger partial charge in [-0.3, -0.25) is 4.79 Å². The van der Waals surface area contributed by atoms with Gasteiger partial charge >= 0.3 is 0 Å². The van der Waals surface area contributed by atoms with E-state index in [1.54, 1.807) is 24.1 Å². The monoisotopic (exact) mass is 330 g/mol. The van der Waals surface area contributed by atoms with E-state index in [-0.39, 0.29) is 24.1 Å². The van der Waals surface area contributed by atoms with Crippen molar-refractivity contribution >= 4 is 18.3 Å². The molecule has 5 nitrogen and oxygen atoms in total. The van der Waals surface area contributed by atoms with E-state index < -0.39 is 0 Å². The molecular formula is C16H27ClN2O3. The average molecular weight is 331 g/mol. The van der Waals surface area contributed by atoms with E-state index in [1.807, 2.05) is 6.07 Å². The molecule has 0 spiro atoms. The number of carbonyl (C=O) groups is 1. The van der Waals surface area contributed by atoms with Gasteiger partial charge in [0, 0.05) is 20.0 Å². The molecule has 0 saturated carbocycles. The molecule has 0 bridgehead atoms. The molecular weight excluding hydrogens is 304 g/mol. The number of benzene rings is 1. The van der Waals surface area contributed by atoms with E-state index in [1.165, 1.54) is 7.11 Å². The fourth-order valence-electron chi connectivity index (χ4n) is 2.16. The Morgan fingerprint density at radius 2 is 1.95 bits per heavy atom. The van der Waals surface area contributed by atoms with Gasteiger partial charge in [0.1, 0.15) is 0 Å². The predicted molar refractivity (Wildman–Crippen MR) is 90.5 cm³/mol. The molecule has 1 amide bonds. The molecule has 0 radical (unpaired) electrons. The number of methoxy groups -OCH3 is 1. The van der Waals surface area contributed by atoms with Gasteiger partial charge in [-0.25, -0.2) is 0 Å². The molecule has 3 N–H and O–H groups in total. The normalized spacial score (nSPS) is 9.95. The van der Waals surface area contributed by atoms with Crippen LogP contribution < -0.4 is 10.5 Å². The summed E-state index contributed by atoms with van der Waals surface area (Å²) in [5.74, 6) is 0.656. The first-order valence-electron chi connectivity index (χ1n) is 7.38. The molecule has 22 heavy (non-hydrogen) atoms. The summed E-state index contributed by atoms with van der Waals surface area (Å²) in [6, 6.07) is 5.18. The predicted octanol–water partition coefficient (Wildman–Crippen LogP) is 2.69. The first kappa shape index (κ1) is 20.5. The third-order valence-corrected chi connectivity index (χ3v) is 3.43. The van der Waals surface area contributed by atoms with Crippen molar-refractivity contribution in [2.24, 2.45) is 5.73 Å². The van der Waals surface area contributed by atoms with Crippen molar-refractivity contribution < 1.29 is 14.6 Å².